The van der Waals surface area contributed by atoms with Crippen molar-refractivity contribution < 1.29 is 28.2 Å². The van der Waals surface area contributed by atoms with E-state index in [0.29, 0.717) is 22.4 Å². The number of benzene rings is 2. The minimum absolute atomic E-state index is 0.0844. The standard InChI is InChI=1S/C20H14ClFN2O5S/c1-27-18(25)8-17-19(26)24(9-11-2-5-15-16(6-11)29-10-28-15)20(30-17)23-12-3-4-14(22)13(21)7-12/h2-8H,9-10H2,1H3. The van der Waals surface area contributed by atoms with Gasteiger partial charge in [0.15, 0.2) is 16.7 Å². The van der Waals surface area contributed by atoms with E-state index in [-0.39, 0.29) is 23.3 Å². The molecule has 2 aliphatic rings. The van der Waals surface area contributed by atoms with E-state index in [0.717, 1.165) is 23.4 Å². The number of esters is 1. The van der Waals surface area contributed by atoms with Gasteiger partial charge in [-0.1, -0.05) is 17.7 Å². The fraction of sp³-hybridized carbons (Fsp3) is 0.150. The van der Waals surface area contributed by atoms with Crippen LogP contribution in [0, 0.1) is 5.82 Å². The molecule has 1 fully saturated rings. The molecule has 0 aliphatic carbocycles. The summed E-state index contributed by atoms with van der Waals surface area (Å²) in [7, 11) is 1.23. The first kappa shape index (κ1) is 20.2. The predicted molar refractivity (Wildman–Crippen MR) is 109 cm³/mol. The molecule has 1 amide bonds. The maximum atomic E-state index is 13.5. The van der Waals surface area contributed by atoms with Crippen LogP contribution < -0.4 is 9.47 Å². The Kier molecular flexibility index (Phi) is 5.65. The van der Waals surface area contributed by atoms with Gasteiger partial charge in [-0.3, -0.25) is 9.69 Å². The van der Waals surface area contributed by atoms with Crippen LogP contribution in [-0.2, 0) is 20.9 Å². The number of halogens is 2. The molecular formula is C20H14ClFN2O5S. The highest BCUT2D eigenvalue weighted by atomic mass is 35.5. The van der Waals surface area contributed by atoms with E-state index < -0.39 is 17.7 Å². The molecule has 2 aromatic rings. The summed E-state index contributed by atoms with van der Waals surface area (Å²) in [6, 6.07) is 9.33. The van der Waals surface area contributed by atoms with Crippen LogP contribution in [0.15, 0.2) is 52.4 Å². The molecular weight excluding hydrogens is 435 g/mol. The third kappa shape index (κ3) is 4.12. The fourth-order valence-electron chi connectivity index (χ4n) is 2.78. The zero-order chi connectivity index (χ0) is 21.3. The largest absolute Gasteiger partial charge is 0.466 e. The van der Waals surface area contributed by atoms with Gasteiger partial charge in [-0.15, -0.1) is 0 Å². The highest BCUT2D eigenvalue weighted by Crippen LogP contribution is 2.37. The normalized spacial score (nSPS) is 17.8. The minimum atomic E-state index is -0.653. The summed E-state index contributed by atoms with van der Waals surface area (Å²) in [4.78, 5) is 30.6. The molecule has 2 aromatic carbocycles. The van der Waals surface area contributed by atoms with Gasteiger partial charge in [-0.2, -0.15) is 0 Å². The average Bonchev–Trinajstić information content (AvgIpc) is 3.30. The van der Waals surface area contributed by atoms with Gasteiger partial charge in [-0.05, 0) is 47.7 Å². The van der Waals surface area contributed by atoms with Crippen molar-refractivity contribution in [3.05, 3.63) is 63.8 Å². The SMILES string of the molecule is COC(=O)C=C1SC(=Nc2ccc(F)c(Cl)c2)N(Cc2ccc3c(c2)OCO3)C1=O. The van der Waals surface area contributed by atoms with Crippen LogP contribution in [0.4, 0.5) is 10.1 Å². The number of ether oxygens (including phenoxy) is 3. The lowest BCUT2D eigenvalue weighted by molar-refractivity contribution is -0.135. The fourth-order valence-corrected chi connectivity index (χ4v) is 3.92. The van der Waals surface area contributed by atoms with E-state index in [2.05, 4.69) is 9.73 Å². The van der Waals surface area contributed by atoms with Crippen LogP contribution in [-0.4, -0.2) is 35.8 Å². The number of amidine groups is 1. The molecule has 1 saturated heterocycles. The van der Waals surface area contributed by atoms with Crippen LogP contribution in [0.2, 0.25) is 5.02 Å². The number of thioether (sulfide) groups is 1. The Labute approximate surface area is 180 Å². The third-order valence-electron chi connectivity index (χ3n) is 4.24. The lowest BCUT2D eigenvalue weighted by atomic mass is 10.2. The van der Waals surface area contributed by atoms with Crippen LogP contribution >= 0.6 is 23.4 Å². The molecule has 0 bridgehead atoms. The summed E-state index contributed by atoms with van der Waals surface area (Å²) in [5.41, 5.74) is 1.14. The first-order valence-electron chi connectivity index (χ1n) is 8.66. The topological polar surface area (TPSA) is 77.4 Å². The molecule has 0 radical (unpaired) electrons. The second-order valence-electron chi connectivity index (χ2n) is 6.21. The quantitative estimate of drug-likeness (QED) is 0.519. The molecule has 0 N–H and O–H groups in total. The molecule has 30 heavy (non-hydrogen) atoms. The van der Waals surface area contributed by atoms with Crippen molar-refractivity contribution in [1.82, 2.24) is 4.90 Å². The van der Waals surface area contributed by atoms with E-state index in [1.165, 1.54) is 30.2 Å². The van der Waals surface area contributed by atoms with Gasteiger partial charge >= 0.3 is 5.97 Å². The number of amides is 1. The van der Waals surface area contributed by atoms with Crippen LogP contribution in [0.1, 0.15) is 5.56 Å². The zero-order valence-corrected chi connectivity index (χ0v) is 17.1. The monoisotopic (exact) mass is 448 g/mol. The van der Waals surface area contributed by atoms with Gasteiger partial charge in [0, 0.05) is 6.08 Å². The highest BCUT2D eigenvalue weighted by Gasteiger charge is 2.34. The van der Waals surface area contributed by atoms with E-state index in [1.807, 2.05) is 0 Å². The third-order valence-corrected chi connectivity index (χ3v) is 5.54. The Morgan fingerprint density at radius 3 is 2.87 bits per heavy atom. The molecule has 2 aliphatic heterocycles. The Hall–Kier alpha value is -3.04. The maximum absolute atomic E-state index is 13.5. The van der Waals surface area contributed by atoms with Crippen LogP contribution in [0.5, 0.6) is 11.5 Å². The first-order valence-corrected chi connectivity index (χ1v) is 9.85. The first-order chi connectivity index (χ1) is 14.4. The van der Waals surface area contributed by atoms with Gasteiger partial charge in [0.2, 0.25) is 6.79 Å². The second-order valence-corrected chi connectivity index (χ2v) is 7.62. The van der Waals surface area contributed by atoms with Gasteiger partial charge < -0.3 is 14.2 Å². The van der Waals surface area contributed by atoms with E-state index in [4.69, 9.17) is 21.1 Å². The lowest BCUT2D eigenvalue weighted by Gasteiger charge is -2.16. The molecule has 0 unspecified atom stereocenters. The molecule has 0 saturated carbocycles. The summed E-state index contributed by atoms with van der Waals surface area (Å²) in [5, 5.41) is 0.231. The Morgan fingerprint density at radius 2 is 2.10 bits per heavy atom. The van der Waals surface area contributed by atoms with Crippen molar-refractivity contribution in [1.29, 1.82) is 0 Å². The number of carbonyl (C=O) groups excluding carboxylic acids is 2. The van der Waals surface area contributed by atoms with Crippen LogP contribution in [0.25, 0.3) is 0 Å². The number of hydrogen-bond acceptors (Lipinski definition) is 7. The number of fused-ring (bicyclic) bond motifs is 1. The van der Waals surface area contributed by atoms with Crippen molar-refractivity contribution in [2.45, 2.75) is 6.54 Å². The van der Waals surface area contributed by atoms with Gasteiger partial charge in [0.25, 0.3) is 5.91 Å². The number of carbonyl (C=O) groups is 2. The van der Waals surface area contributed by atoms with Crippen molar-refractivity contribution in [3.8, 4) is 11.5 Å². The van der Waals surface area contributed by atoms with Crippen molar-refractivity contribution in [2.75, 3.05) is 13.9 Å². The summed E-state index contributed by atoms with van der Waals surface area (Å²) in [6.45, 7) is 0.316. The molecule has 0 spiro atoms. The van der Waals surface area contributed by atoms with E-state index in [9.17, 15) is 14.0 Å². The van der Waals surface area contributed by atoms with Crippen molar-refractivity contribution in [2.24, 2.45) is 4.99 Å². The number of hydrogen-bond donors (Lipinski definition) is 0. The second kappa shape index (κ2) is 8.37. The average molecular weight is 449 g/mol. The van der Waals surface area contributed by atoms with Gasteiger partial charge in [0.1, 0.15) is 5.82 Å². The lowest BCUT2D eigenvalue weighted by Crippen LogP contribution is -2.28. The molecule has 154 valence electrons. The molecule has 4 rings (SSSR count). The summed E-state index contributed by atoms with van der Waals surface area (Å²) in [6.07, 6.45) is 1.11. The summed E-state index contributed by atoms with van der Waals surface area (Å²) in [5.74, 6) is -0.419. The van der Waals surface area contributed by atoms with Gasteiger partial charge in [0.05, 0.1) is 29.3 Å². The number of rotatable bonds is 4. The number of aliphatic imine (C=N–C) groups is 1. The van der Waals surface area contributed by atoms with Gasteiger partial charge in [-0.25, -0.2) is 14.2 Å². The minimum Gasteiger partial charge on any atom is -0.466 e. The summed E-state index contributed by atoms with van der Waals surface area (Å²) >= 11 is 6.85. The Morgan fingerprint density at radius 1 is 1.30 bits per heavy atom. The van der Waals surface area contributed by atoms with Crippen molar-refractivity contribution in [3.63, 3.8) is 0 Å². The smallest absolute Gasteiger partial charge is 0.331 e. The highest BCUT2D eigenvalue weighted by molar-refractivity contribution is 8.18. The van der Waals surface area contributed by atoms with E-state index in [1.54, 1.807) is 18.2 Å². The zero-order valence-electron chi connectivity index (χ0n) is 15.6. The molecule has 2 heterocycles. The van der Waals surface area contributed by atoms with E-state index >= 15 is 0 Å². The van der Waals surface area contributed by atoms with Crippen molar-refractivity contribution >= 4 is 46.1 Å². The maximum Gasteiger partial charge on any atom is 0.331 e. The molecule has 10 heteroatoms. The number of methoxy groups -OCH3 is 1. The molecule has 7 nitrogen and oxygen atoms in total. The molecule has 0 atom stereocenters. The molecule has 0 aromatic heterocycles. The Balaban J connectivity index is 1.68. The predicted octanol–water partition coefficient (Wildman–Crippen LogP) is 4.03. The number of nitrogens with zero attached hydrogens (tertiary/aromatic N) is 2. The van der Waals surface area contributed by atoms with Crippen LogP contribution in [0.3, 0.4) is 0 Å². The Bertz CT molecular complexity index is 1100. The summed E-state index contributed by atoms with van der Waals surface area (Å²) < 4.78 is 28.8.